The molecule has 8 heavy (non-hydrogen) atoms. The summed E-state index contributed by atoms with van der Waals surface area (Å²) in [5, 5.41) is 0. The van der Waals surface area contributed by atoms with E-state index in [4.69, 9.17) is 4.55 Å². The first-order valence-corrected chi connectivity index (χ1v) is 3.62. The van der Waals surface area contributed by atoms with Crippen LogP contribution in [-0.2, 0) is 10.1 Å². The van der Waals surface area contributed by atoms with Crippen molar-refractivity contribution in [1.82, 2.24) is 0 Å². The van der Waals surface area contributed by atoms with E-state index in [9.17, 15) is 8.42 Å². The van der Waals surface area contributed by atoms with Crippen LogP contribution in [0.5, 0.6) is 0 Å². The molecule has 0 spiro atoms. The molecule has 0 aliphatic carbocycles. The molecule has 0 aromatic heterocycles. The van der Waals surface area contributed by atoms with Crippen LogP contribution in [0.4, 0.5) is 4.70 Å². The zero-order chi connectivity index (χ0) is 5.91. The predicted molar refractivity (Wildman–Crippen MR) is 29.2 cm³/mol. The SMILES string of the molecule is CCCS(=O)(=O)O.F. The minimum Gasteiger partial charge on any atom is -0.286 e. The Morgan fingerprint density at radius 3 is 1.88 bits per heavy atom. The molecule has 0 aliphatic rings. The third kappa shape index (κ3) is 9.28. The predicted octanol–water partition coefficient (Wildman–Crippen LogP) is 0.437. The summed E-state index contributed by atoms with van der Waals surface area (Å²) in [7, 11) is -3.67. The van der Waals surface area contributed by atoms with Gasteiger partial charge < -0.3 is 0 Å². The van der Waals surface area contributed by atoms with E-state index >= 15 is 0 Å². The molecule has 0 atom stereocenters. The Morgan fingerprint density at radius 2 is 1.88 bits per heavy atom. The van der Waals surface area contributed by atoms with Gasteiger partial charge in [-0.3, -0.25) is 9.26 Å². The van der Waals surface area contributed by atoms with Crippen LogP contribution in [0.3, 0.4) is 0 Å². The van der Waals surface area contributed by atoms with Crippen LogP contribution in [0.25, 0.3) is 0 Å². The van der Waals surface area contributed by atoms with Crippen molar-refractivity contribution in [2.75, 3.05) is 5.75 Å². The Kier molecular flexibility index (Phi) is 5.10. The third-order valence-electron chi connectivity index (χ3n) is 0.462. The molecule has 0 radical (unpaired) electrons. The standard InChI is InChI=1S/C3H8O3S.FH/c1-2-3-7(4,5)6;/h2-3H2,1H3,(H,4,5,6);1H. The molecular weight excluding hydrogens is 135 g/mol. The Labute approximate surface area is 47.8 Å². The fourth-order valence-corrected chi connectivity index (χ4v) is 0.774. The first-order chi connectivity index (χ1) is 3.06. The van der Waals surface area contributed by atoms with Crippen LogP contribution >= 0.6 is 0 Å². The van der Waals surface area contributed by atoms with Crippen LogP contribution in [0, 0.1) is 0 Å². The Bertz CT molecular complexity index is 127. The van der Waals surface area contributed by atoms with Gasteiger partial charge in [-0.25, -0.2) is 0 Å². The lowest BCUT2D eigenvalue weighted by Gasteiger charge is -1.85. The second-order valence-electron chi connectivity index (χ2n) is 1.29. The summed E-state index contributed by atoms with van der Waals surface area (Å²) in [6.45, 7) is 1.69. The minimum absolute atomic E-state index is 0. The highest BCUT2D eigenvalue weighted by Gasteiger charge is 1.98. The molecule has 1 N–H and O–H groups in total. The molecule has 0 saturated carbocycles. The highest BCUT2D eigenvalue weighted by Crippen LogP contribution is 1.83. The molecule has 0 heterocycles. The first kappa shape index (κ1) is 10.8. The molecule has 0 aromatic carbocycles. The number of hydrogen-bond acceptors (Lipinski definition) is 2. The smallest absolute Gasteiger partial charge is 0.264 e. The Balaban J connectivity index is 0. The van der Waals surface area contributed by atoms with E-state index in [-0.39, 0.29) is 10.5 Å². The summed E-state index contributed by atoms with van der Waals surface area (Å²) in [5.74, 6) is -0.132. The van der Waals surface area contributed by atoms with Gasteiger partial charge in [-0.2, -0.15) is 8.42 Å². The van der Waals surface area contributed by atoms with Crippen molar-refractivity contribution in [2.24, 2.45) is 0 Å². The highest BCUT2D eigenvalue weighted by molar-refractivity contribution is 7.85. The van der Waals surface area contributed by atoms with Crippen LogP contribution < -0.4 is 0 Å². The normalized spacial score (nSPS) is 10.2. The zero-order valence-electron chi connectivity index (χ0n) is 4.49. The minimum atomic E-state index is -3.67. The van der Waals surface area contributed by atoms with Crippen molar-refractivity contribution in [2.45, 2.75) is 13.3 Å². The van der Waals surface area contributed by atoms with E-state index in [0.29, 0.717) is 6.42 Å². The summed E-state index contributed by atoms with van der Waals surface area (Å²) in [5.41, 5.74) is 0. The first-order valence-electron chi connectivity index (χ1n) is 2.01. The number of rotatable bonds is 2. The van der Waals surface area contributed by atoms with Crippen molar-refractivity contribution < 1.29 is 17.7 Å². The van der Waals surface area contributed by atoms with Crippen molar-refractivity contribution in [3.63, 3.8) is 0 Å². The number of hydrogen-bond donors (Lipinski definition) is 1. The van der Waals surface area contributed by atoms with E-state index in [1.807, 2.05) is 0 Å². The fourth-order valence-electron chi connectivity index (χ4n) is 0.258. The zero-order valence-corrected chi connectivity index (χ0v) is 5.31. The summed E-state index contributed by atoms with van der Waals surface area (Å²) < 4.78 is 27.6. The maximum absolute atomic E-state index is 9.79. The maximum atomic E-state index is 9.79. The van der Waals surface area contributed by atoms with Gasteiger partial charge in [0.15, 0.2) is 0 Å². The maximum Gasteiger partial charge on any atom is 0.264 e. The van der Waals surface area contributed by atoms with E-state index in [1.165, 1.54) is 0 Å². The molecule has 0 saturated heterocycles. The molecule has 0 fully saturated rings. The largest absolute Gasteiger partial charge is 0.286 e. The van der Waals surface area contributed by atoms with Gasteiger partial charge in [0.2, 0.25) is 0 Å². The monoisotopic (exact) mass is 144 g/mol. The lowest BCUT2D eigenvalue weighted by molar-refractivity contribution is 0.482. The van der Waals surface area contributed by atoms with Crippen molar-refractivity contribution in [1.29, 1.82) is 0 Å². The summed E-state index contributed by atoms with van der Waals surface area (Å²) in [6.07, 6.45) is 0.471. The molecular formula is C3H9FO3S. The third-order valence-corrected chi connectivity index (χ3v) is 1.39. The molecule has 52 valence electrons. The molecule has 0 unspecified atom stereocenters. The van der Waals surface area contributed by atoms with E-state index in [0.717, 1.165) is 0 Å². The highest BCUT2D eigenvalue weighted by atomic mass is 32.2. The average molecular weight is 144 g/mol. The van der Waals surface area contributed by atoms with E-state index in [2.05, 4.69) is 0 Å². The lowest BCUT2D eigenvalue weighted by atomic mass is 10.6. The lowest BCUT2D eigenvalue weighted by Crippen LogP contribution is -2.01. The van der Waals surface area contributed by atoms with Crippen LogP contribution in [0.2, 0.25) is 0 Å². The van der Waals surface area contributed by atoms with E-state index in [1.54, 1.807) is 6.92 Å². The summed E-state index contributed by atoms with van der Waals surface area (Å²) in [4.78, 5) is 0. The van der Waals surface area contributed by atoms with E-state index < -0.39 is 10.1 Å². The van der Waals surface area contributed by atoms with Crippen molar-refractivity contribution >= 4 is 10.1 Å². The van der Waals surface area contributed by atoms with Gasteiger partial charge in [-0.15, -0.1) is 0 Å². The fraction of sp³-hybridized carbons (Fsp3) is 1.00. The van der Waals surface area contributed by atoms with Gasteiger partial charge >= 0.3 is 0 Å². The molecule has 0 aliphatic heterocycles. The Hall–Kier alpha value is -0.160. The molecule has 0 amide bonds. The van der Waals surface area contributed by atoms with Gasteiger partial charge in [0.25, 0.3) is 10.1 Å². The Morgan fingerprint density at radius 1 is 1.50 bits per heavy atom. The van der Waals surface area contributed by atoms with Crippen LogP contribution in [0.15, 0.2) is 0 Å². The second kappa shape index (κ2) is 3.80. The van der Waals surface area contributed by atoms with Gasteiger partial charge in [0, 0.05) is 0 Å². The van der Waals surface area contributed by atoms with Crippen molar-refractivity contribution in [3.8, 4) is 0 Å². The van der Waals surface area contributed by atoms with Gasteiger partial charge in [-0.05, 0) is 6.42 Å². The topological polar surface area (TPSA) is 54.4 Å². The van der Waals surface area contributed by atoms with Crippen LogP contribution in [0.1, 0.15) is 13.3 Å². The van der Waals surface area contributed by atoms with Gasteiger partial charge in [0.1, 0.15) is 0 Å². The molecule has 0 bridgehead atoms. The molecule has 3 nitrogen and oxygen atoms in total. The summed E-state index contributed by atoms with van der Waals surface area (Å²) >= 11 is 0. The molecule has 5 heteroatoms. The number of halogens is 1. The summed E-state index contributed by atoms with van der Waals surface area (Å²) in [6, 6.07) is 0. The van der Waals surface area contributed by atoms with Crippen molar-refractivity contribution in [3.05, 3.63) is 0 Å². The quantitative estimate of drug-likeness (QED) is 0.572. The average Bonchev–Trinajstić information content (AvgIpc) is 1.30. The van der Waals surface area contributed by atoms with Crippen LogP contribution in [-0.4, -0.2) is 18.7 Å². The molecule has 0 rings (SSSR count). The second-order valence-corrected chi connectivity index (χ2v) is 2.86. The van der Waals surface area contributed by atoms with Gasteiger partial charge in [-0.1, -0.05) is 6.92 Å². The molecule has 0 aromatic rings. The van der Waals surface area contributed by atoms with Gasteiger partial charge in [0.05, 0.1) is 5.75 Å².